The molecule has 2 N–H and O–H groups in total. The van der Waals surface area contributed by atoms with E-state index in [0.29, 0.717) is 24.4 Å². The predicted molar refractivity (Wildman–Crippen MR) is 182 cm³/mol. The van der Waals surface area contributed by atoms with Crippen molar-refractivity contribution in [3.63, 3.8) is 0 Å². The van der Waals surface area contributed by atoms with Crippen molar-refractivity contribution in [1.29, 1.82) is 0 Å². The Balaban J connectivity index is 1.24. The average Bonchev–Trinajstić information content (AvgIpc) is 3.62. The van der Waals surface area contributed by atoms with Crippen LogP contribution in [0.25, 0.3) is 10.9 Å². The van der Waals surface area contributed by atoms with E-state index in [4.69, 9.17) is 4.74 Å². The smallest absolute Gasteiger partial charge is 0.307 e. The number of ether oxygens (including phenoxy) is 1. The van der Waals surface area contributed by atoms with E-state index in [2.05, 4.69) is 131 Å². The first-order valence-electron chi connectivity index (χ1n) is 15.0. The van der Waals surface area contributed by atoms with Gasteiger partial charge in [0.15, 0.2) is 0 Å². The zero-order valence-corrected chi connectivity index (χ0v) is 25.4. The summed E-state index contributed by atoms with van der Waals surface area (Å²) in [4.78, 5) is 14.3. The van der Waals surface area contributed by atoms with E-state index in [0.717, 1.165) is 28.2 Å². The number of aromatic hydroxyl groups is 1. The molecule has 0 amide bonds. The zero-order valence-electron chi connectivity index (χ0n) is 24.6. The fourth-order valence-electron chi connectivity index (χ4n) is 6.38. The van der Waals surface area contributed by atoms with Gasteiger partial charge < -0.3 is 14.4 Å². The second kappa shape index (κ2) is 12.3. The third kappa shape index (κ3) is 5.45. The molecule has 0 radical (unpaired) electrons. The monoisotopic (exact) mass is 608 g/mol. The first kappa shape index (κ1) is 28.4. The van der Waals surface area contributed by atoms with E-state index in [-0.39, 0.29) is 10.8 Å². The second-order valence-electron chi connectivity index (χ2n) is 11.1. The number of nitrogens with one attached hydrogen (secondary N) is 1. The highest BCUT2D eigenvalue weighted by atomic mass is 32.1. The van der Waals surface area contributed by atoms with Gasteiger partial charge in [0, 0.05) is 23.5 Å². The number of hydrogen-bond acceptors (Lipinski definition) is 4. The molecule has 6 heteroatoms. The van der Waals surface area contributed by atoms with Crippen molar-refractivity contribution in [2.24, 2.45) is 0 Å². The summed E-state index contributed by atoms with van der Waals surface area (Å²) < 4.78 is 8.52. The van der Waals surface area contributed by atoms with E-state index >= 15 is 0 Å². The topological polar surface area (TPSA) is 67.2 Å². The molecule has 0 saturated heterocycles. The number of aromatic amines is 1. The van der Waals surface area contributed by atoms with Gasteiger partial charge in [0.25, 0.3) is 0 Å². The predicted octanol–water partition coefficient (Wildman–Crippen LogP) is 8.15. The molecule has 7 aromatic rings. The summed E-state index contributed by atoms with van der Waals surface area (Å²) in [6, 6.07) is 48.8. The number of para-hydroxylation sites is 1. The van der Waals surface area contributed by atoms with Gasteiger partial charge in [0.2, 0.25) is 5.88 Å². The van der Waals surface area contributed by atoms with Crippen molar-refractivity contribution >= 4 is 22.2 Å². The number of aromatic nitrogens is 2. The molecule has 0 unspecified atom stereocenters. The highest BCUT2D eigenvalue weighted by Gasteiger charge is 2.40. The molecule has 5 aromatic carbocycles. The van der Waals surface area contributed by atoms with E-state index in [9.17, 15) is 9.90 Å². The van der Waals surface area contributed by atoms with Crippen molar-refractivity contribution in [1.82, 2.24) is 9.55 Å². The average molecular weight is 609 g/mol. The Morgan fingerprint density at radius 2 is 1.27 bits per heavy atom. The van der Waals surface area contributed by atoms with Crippen LogP contribution in [0, 0.1) is 0 Å². The second-order valence-corrected chi connectivity index (χ2v) is 12.1. The lowest BCUT2D eigenvalue weighted by Gasteiger charge is -2.36. The van der Waals surface area contributed by atoms with Gasteiger partial charge in [0.1, 0.15) is 12.4 Å². The van der Waals surface area contributed by atoms with Gasteiger partial charge in [-0.1, -0.05) is 133 Å². The number of H-pyrrole nitrogens is 1. The van der Waals surface area contributed by atoms with Crippen LogP contribution in [0.1, 0.15) is 32.7 Å². The minimum Gasteiger partial charge on any atom is -0.494 e. The lowest BCUT2D eigenvalue weighted by Crippen LogP contribution is -2.30. The van der Waals surface area contributed by atoms with Gasteiger partial charge in [-0.3, -0.25) is 9.78 Å². The zero-order chi connectivity index (χ0) is 30.6. The number of thiazole rings is 1. The molecule has 0 aliphatic heterocycles. The molecular weight excluding hydrogens is 577 g/mol. The summed E-state index contributed by atoms with van der Waals surface area (Å²) in [7, 11) is 0. The van der Waals surface area contributed by atoms with E-state index in [1.807, 2.05) is 24.3 Å². The van der Waals surface area contributed by atoms with Crippen LogP contribution in [-0.4, -0.2) is 21.3 Å². The molecule has 5 nitrogen and oxygen atoms in total. The molecule has 0 saturated carbocycles. The van der Waals surface area contributed by atoms with Crippen molar-refractivity contribution in [3.05, 3.63) is 188 Å². The minimum atomic E-state index is -0.535. The molecule has 0 spiro atoms. The van der Waals surface area contributed by atoms with Gasteiger partial charge in [-0.25, -0.2) is 0 Å². The standard InChI is InChI=1S/C39H32N2O3S/c42-37-36(45-38(43)40-37)26-28-20-22-32(23-21-28)44-25-24-41-27-34(33-18-10-11-19-35(33)41)39(29-12-4-1-5-13-29,30-14-6-2-7-15-30)31-16-8-3-9-17-31/h1-23,27,42H,24-26H2,(H,40,43). The Labute approximate surface area is 265 Å². The van der Waals surface area contributed by atoms with Crippen LogP contribution in [0.15, 0.2) is 151 Å². The molecule has 2 heterocycles. The largest absolute Gasteiger partial charge is 0.494 e. The van der Waals surface area contributed by atoms with Crippen molar-refractivity contribution in [2.75, 3.05) is 6.61 Å². The molecule has 0 fully saturated rings. The van der Waals surface area contributed by atoms with Crippen LogP contribution in [-0.2, 0) is 18.4 Å². The molecule has 2 aromatic heterocycles. The van der Waals surface area contributed by atoms with Crippen LogP contribution in [0.3, 0.4) is 0 Å². The summed E-state index contributed by atoms with van der Waals surface area (Å²) in [6.45, 7) is 1.16. The Bertz CT molecular complexity index is 1980. The molecule has 0 aliphatic rings. The van der Waals surface area contributed by atoms with Crippen molar-refractivity contribution in [2.45, 2.75) is 18.4 Å². The summed E-state index contributed by atoms with van der Waals surface area (Å²) >= 11 is 1.03. The molecule has 0 aliphatic carbocycles. The van der Waals surface area contributed by atoms with Gasteiger partial charge in [0.05, 0.1) is 16.8 Å². The molecule has 7 rings (SSSR count). The Hall–Kier alpha value is -5.33. The van der Waals surface area contributed by atoms with Gasteiger partial charge >= 0.3 is 4.87 Å². The maximum Gasteiger partial charge on any atom is 0.307 e. The van der Waals surface area contributed by atoms with Crippen LogP contribution in [0.2, 0.25) is 0 Å². The van der Waals surface area contributed by atoms with Crippen molar-refractivity contribution in [3.8, 4) is 11.6 Å². The summed E-state index contributed by atoms with van der Waals surface area (Å²) in [5, 5.41) is 11.1. The number of benzene rings is 5. The van der Waals surface area contributed by atoms with Crippen LogP contribution >= 0.6 is 11.3 Å². The highest BCUT2D eigenvalue weighted by Crippen LogP contribution is 2.47. The number of nitrogens with zero attached hydrogens (tertiary/aromatic N) is 1. The quantitative estimate of drug-likeness (QED) is 0.154. The molecule has 0 atom stereocenters. The summed E-state index contributed by atoms with van der Waals surface area (Å²) in [5.41, 5.74) is 6.47. The lowest BCUT2D eigenvalue weighted by molar-refractivity contribution is 0.300. The first-order valence-corrected chi connectivity index (χ1v) is 15.8. The fourth-order valence-corrected chi connectivity index (χ4v) is 7.14. The highest BCUT2D eigenvalue weighted by molar-refractivity contribution is 7.09. The Morgan fingerprint density at radius 1 is 0.711 bits per heavy atom. The maximum absolute atomic E-state index is 11.5. The summed E-state index contributed by atoms with van der Waals surface area (Å²) in [5.74, 6) is 0.716. The van der Waals surface area contributed by atoms with Crippen molar-refractivity contribution < 1.29 is 9.84 Å². The number of rotatable bonds is 10. The summed E-state index contributed by atoms with van der Waals surface area (Å²) in [6.07, 6.45) is 2.79. The van der Waals surface area contributed by atoms with Crippen LogP contribution in [0.5, 0.6) is 11.6 Å². The molecular formula is C39H32N2O3S. The van der Waals surface area contributed by atoms with Crippen LogP contribution in [0.4, 0.5) is 0 Å². The lowest BCUT2D eigenvalue weighted by atomic mass is 9.65. The number of hydrogen-bond donors (Lipinski definition) is 2. The normalized spacial score (nSPS) is 11.6. The van der Waals surface area contributed by atoms with Gasteiger partial charge in [-0.05, 0) is 46.0 Å². The first-order chi connectivity index (χ1) is 22.1. The minimum absolute atomic E-state index is 0.0561. The SMILES string of the molecule is O=c1[nH]c(O)c(Cc2ccc(OCCn3cc(C(c4ccccc4)(c4ccccc4)c4ccccc4)c4ccccc43)cc2)s1. The maximum atomic E-state index is 11.5. The third-order valence-corrected chi connectivity index (χ3v) is 9.27. The Morgan fingerprint density at radius 3 is 1.82 bits per heavy atom. The Kier molecular flexibility index (Phi) is 7.80. The van der Waals surface area contributed by atoms with E-state index in [1.54, 1.807) is 0 Å². The molecule has 45 heavy (non-hydrogen) atoms. The number of fused-ring (bicyclic) bond motifs is 1. The van der Waals surface area contributed by atoms with E-state index < -0.39 is 5.41 Å². The van der Waals surface area contributed by atoms with Crippen LogP contribution < -0.4 is 9.61 Å². The molecule has 222 valence electrons. The molecule has 0 bridgehead atoms. The van der Waals surface area contributed by atoms with E-state index in [1.165, 1.54) is 27.6 Å². The van der Waals surface area contributed by atoms with Gasteiger partial charge in [-0.15, -0.1) is 0 Å². The fraction of sp³-hybridized carbons (Fsp3) is 0.103. The third-order valence-electron chi connectivity index (χ3n) is 8.40. The van der Waals surface area contributed by atoms with Gasteiger partial charge in [-0.2, -0.15) is 0 Å².